The monoisotopic (exact) mass is 613 g/mol. The number of nitrogens with one attached hydrogen (secondary N) is 1. The Hall–Kier alpha value is -4.21. The molecule has 1 aliphatic rings. The van der Waals surface area contributed by atoms with Gasteiger partial charge in [-0.25, -0.2) is 4.98 Å². The molecule has 3 aromatic carbocycles. The van der Waals surface area contributed by atoms with E-state index < -0.39 is 0 Å². The molecule has 0 unspecified atom stereocenters. The first-order valence-electron chi connectivity index (χ1n) is 15.0. The van der Waals surface area contributed by atoms with Crippen LogP contribution in [0.3, 0.4) is 0 Å². The van der Waals surface area contributed by atoms with Crippen LogP contribution in [0.25, 0.3) is 0 Å². The minimum Gasteiger partial charge on any atom is -0.494 e. The number of benzene rings is 3. The predicted molar refractivity (Wildman–Crippen MR) is 174 cm³/mol. The van der Waals surface area contributed by atoms with Crippen molar-refractivity contribution in [3.05, 3.63) is 101 Å². The lowest BCUT2D eigenvalue weighted by Gasteiger charge is -2.19. The van der Waals surface area contributed by atoms with Crippen LogP contribution in [-0.4, -0.2) is 49.1 Å². The minimum absolute atomic E-state index is 0.00832. The SMILES string of the molecule is CCOc1ccc(N2CC[C@@H](Oc3ccc([C@H](C)CC(=O)c4sc(NC(=O)COCc5ccccc5)nc4C)cc3)C2)cc1. The summed E-state index contributed by atoms with van der Waals surface area (Å²) in [5, 5.41) is 3.16. The Labute approximate surface area is 263 Å². The lowest BCUT2D eigenvalue weighted by atomic mass is 9.95. The number of aryl methyl sites for hydroxylation is 1. The Kier molecular flexibility index (Phi) is 10.6. The summed E-state index contributed by atoms with van der Waals surface area (Å²) in [5.41, 5.74) is 3.86. The molecule has 2 heterocycles. The Morgan fingerprint density at radius 3 is 2.48 bits per heavy atom. The summed E-state index contributed by atoms with van der Waals surface area (Å²) in [5.74, 6) is 1.44. The molecule has 0 spiro atoms. The summed E-state index contributed by atoms with van der Waals surface area (Å²) in [6, 6.07) is 25.9. The van der Waals surface area contributed by atoms with E-state index in [9.17, 15) is 9.59 Å². The molecule has 4 aromatic rings. The second-order valence-electron chi connectivity index (χ2n) is 11.0. The van der Waals surface area contributed by atoms with Gasteiger partial charge in [0.05, 0.1) is 30.3 Å². The molecule has 1 aliphatic heterocycles. The summed E-state index contributed by atoms with van der Waals surface area (Å²) in [4.78, 5) is 32.8. The molecule has 2 atom stereocenters. The molecule has 1 N–H and O–H groups in total. The van der Waals surface area contributed by atoms with Crippen molar-refractivity contribution in [2.75, 3.05) is 36.5 Å². The number of hydrogen-bond acceptors (Lipinski definition) is 8. The number of thiazole rings is 1. The van der Waals surface area contributed by atoms with Crippen LogP contribution in [0.4, 0.5) is 10.8 Å². The maximum absolute atomic E-state index is 13.2. The summed E-state index contributed by atoms with van der Waals surface area (Å²) >= 11 is 1.21. The van der Waals surface area contributed by atoms with E-state index in [-0.39, 0.29) is 30.3 Å². The third-order valence-corrected chi connectivity index (χ3v) is 8.66. The van der Waals surface area contributed by atoms with Crippen molar-refractivity contribution in [2.45, 2.75) is 52.2 Å². The van der Waals surface area contributed by atoms with Gasteiger partial charge in [0, 0.05) is 25.1 Å². The zero-order chi connectivity index (χ0) is 30.9. The number of nitrogens with zero attached hydrogens (tertiary/aromatic N) is 2. The minimum atomic E-state index is -0.300. The highest BCUT2D eigenvalue weighted by Gasteiger charge is 2.25. The first-order valence-corrected chi connectivity index (χ1v) is 15.9. The average Bonchev–Trinajstić information content (AvgIpc) is 3.64. The topological polar surface area (TPSA) is 90.0 Å². The van der Waals surface area contributed by atoms with Crippen LogP contribution in [0.15, 0.2) is 78.9 Å². The van der Waals surface area contributed by atoms with Crippen LogP contribution in [-0.2, 0) is 16.1 Å². The second kappa shape index (κ2) is 15.0. The van der Waals surface area contributed by atoms with Crippen molar-refractivity contribution in [1.82, 2.24) is 4.98 Å². The van der Waals surface area contributed by atoms with Crippen molar-refractivity contribution in [1.29, 1.82) is 0 Å². The number of hydrogen-bond donors (Lipinski definition) is 1. The van der Waals surface area contributed by atoms with E-state index in [2.05, 4.69) is 27.3 Å². The molecule has 1 aromatic heterocycles. The van der Waals surface area contributed by atoms with Gasteiger partial charge in [-0.1, -0.05) is 60.7 Å². The van der Waals surface area contributed by atoms with Crippen LogP contribution >= 0.6 is 11.3 Å². The highest BCUT2D eigenvalue weighted by molar-refractivity contribution is 7.17. The summed E-state index contributed by atoms with van der Waals surface area (Å²) in [6.45, 7) is 8.52. The predicted octanol–water partition coefficient (Wildman–Crippen LogP) is 7.04. The molecule has 1 saturated heterocycles. The number of anilines is 2. The van der Waals surface area contributed by atoms with Crippen LogP contribution in [0.5, 0.6) is 11.5 Å². The largest absolute Gasteiger partial charge is 0.494 e. The zero-order valence-electron chi connectivity index (χ0n) is 25.5. The number of Topliss-reactive ketones (excluding diaryl/α,β-unsaturated/α-hetero) is 1. The van der Waals surface area contributed by atoms with E-state index in [0.717, 1.165) is 42.1 Å². The van der Waals surface area contributed by atoms with Gasteiger partial charge in [-0.2, -0.15) is 0 Å². The van der Waals surface area contributed by atoms with Crippen LogP contribution in [0.1, 0.15) is 59.1 Å². The van der Waals surface area contributed by atoms with E-state index in [4.69, 9.17) is 14.2 Å². The van der Waals surface area contributed by atoms with E-state index in [0.29, 0.717) is 35.3 Å². The van der Waals surface area contributed by atoms with Gasteiger partial charge in [-0.3, -0.25) is 14.9 Å². The smallest absolute Gasteiger partial charge is 0.252 e. The molecule has 8 nitrogen and oxygen atoms in total. The molecule has 0 aliphatic carbocycles. The standard InChI is InChI=1S/C35H39N3O5S/c1-4-42-29-16-12-28(13-17-29)38-19-18-31(21-38)43-30-14-10-27(11-15-30)24(2)20-32(39)34-25(3)36-35(44-34)37-33(40)23-41-22-26-8-6-5-7-9-26/h5-17,24,31H,4,18-23H2,1-3H3,(H,36,37,40)/t24-,31-/m1/s1. The molecule has 230 valence electrons. The summed E-state index contributed by atoms with van der Waals surface area (Å²) in [7, 11) is 0. The lowest BCUT2D eigenvalue weighted by Crippen LogP contribution is -2.24. The fourth-order valence-corrected chi connectivity index (χ4v) is 6.17. The first kappa shape index (κ1) is 31.2. The average molecular weight is 614 g/mol. The Morgan fingerprint density at radius 2 is 1.75 bits per heavy atom. The highest BCUT2D eigenvalue weighted by Crippen LogP contribution is 2.30. The van der Waals surface area contributed by atoms with Crippen molar-refractivity contribution in [3.8, 4) is 11.5 Å². The molecule has 44 heavy (non-hydrogen) atoms. The molecule has 9 heteroatoms. The number of ketones is 1. The number of ether oxygens (including phenoxy) is 3. The number of carbonyl (C=O) groups is 2. The quantitative estimate of drug-likeness (QED) is 0.153. The van der Waals surface area contributed by atoms with Crippen LogP contribution in [0, 0.1) is 6.92 Å². The van der Waals surface area contributed by atoms with Gasteiger partial charge in [0.15, 0.2) is 10.9 Å². The van der Waals surface area contributed by atoms with Gasteiger partial charge in [0.2, 0.25) is 0 Å². The molecule has 0 bridgehead atoms. The van der Waals surface area contributed by atoms with E-state index in [1.807, 2.05) is 80.6 Å². The van der Waals surface area contributed by atoms with E-state index in [1.165, 1.54) is 17.0 Å². The van der Waals surface area contributed by atoms with Crippen molar-refractivity contribution < 1.29 is 23.8 Å². The van der Waals surface area contributed by atoms with E-state index >= 15 is 0 Å². The fourth-order valence-electron chi connectivity index (χ4n) is 5.23. The normalized spacial score (nSPS) is 15.2. The highest BCUT2D eigenvalue weighted by atomic mass is 32.1. The third-order valence-electron chi connectivity index (χ3n) is 7.54. The Bertz CT molecular complexity index is 1520. The van der Waals surface area contributed by atoms with Crippen LogP contribution in [0.2, 0.25) is 0 Å². The molecule has 5 rings (SSSR count). The number of amides is 1. The van der Waals surface area contributed by atoms with Gasteiger partial charge >= 0.3 is 0 Å². The maximum Gasteiger partial charge on any atom is 0.252 e. The number of aromatic nitrogens is 1. The summed E-state index contributed by atoms with van der Waals surface area (Å²) in [6.07, 6.45) is 1.42. The van der Waals surface area contributed by atoms with Gasteiger partial charge < -0.3 is 19.1 Å². The first-order chi connectivity index (χ1) is 21.4. The summed E-state index contributed by atoms with van der Waals surface area (Å²) < 4.78 is 17.3. The molecule has 0 saturated carbocycles. The van der Waals surface area contributed by atoms with E-state index in [1.54, 1.807) is 6.92 Å². The van der Waals surface area contributed by atoms with Crippen molar-refractivity contribution in [2.24, 2.45) is 0 Å². The number of rotatable bonds is 14. The maximum atomic E-state index is 13.2. The Morgan fingerprint density at radius 1 is 1.02 bits per heavy atom. The molecular formula is C35H39N3O5S. The third kappa shape index (κ3) is 8.45. The van der Waals surface area contributed by atoms with Crippen LogP contribution < -0.4 is 19.7 Å². The molecule has 1 fully saturated rings. The Balaban J connectivity index is 1.08. The number of carbonyl (C=O) groups excluding carboxylic acids is 2. The molecular weight excluding hydrogens is 574 g/mol. The second-order valence-corrected chi connectivity index (χ2v) is 12.0. The zero-order valence-corrected chi connectivity index (χ0v) is 26.3. The van der Waals surface area contributed by atoms with Crippen molar-refractivity contribution >= 4 is 33.8 Å². The van der Waals surface area contributed by atoms with Gasteiger partial charge in [0.25, 0.3) is 5.91 Å². The van der Waals surface area contributed by atoms with Gasteiger partial charge in [-0.05, 0) is 67.3 Å². The molecule has 0 radical (unpaired) electrons. The molecule has 1 amide bonds. The van der Waals surface area contributed by atoms with Gasteiger partial charge in [0.1, 0.15) is 24.2 Å². The van der Waals surface area contributed by atoms with Gasteiger partial charge in [-0.15, -0.1) is 0 Å². The lowest BCUT2D eigenvalue weighted by molar-refractivity contribution is -0.121. The van der Waals surface area contributed by atoms with Crippen molar-refractivity contribution in [3.63, 3.8) is 0 Å². The fraction of sp³-hybridized carbons (Fsp3) is 0.343.